The number of nitrogens with one attached hydrogen (secondary N) is 1. The zero-order valence-electron chi connectivity index (χ0n) is 19.6. The Bertz CT molecular complexity index is 1350. The van der Waals surface area contributed by atoms with Crippen LogP contribution in [0.15, 0.2) is 66.7 Å². The van der Waals surface area contributed by atoms with Crippen LogP contribution in [0.1, 0.15) is 32.9 Å². The predicted octanol–water partition coefficient (Wildman–Crippen LogP) is 5.28. The summed E-state index contributed by atoms with van der Waals surface area (Å²) in [5.41, 5.74) is 3.15. The van der Waals surface area contributed by atoms with E-state index in [1.54, 1.807) is 33.1 Å². The van der Waals surface area contributed by atoms with E-state index < -0.39 is 11.6 Å². The maximum Gasteiger partial charge on any atom is 0.255 e. The topological polar surface area (TPSA) is 65.4 Å². The number of amides is 1. The van der Waals surface area contributed by atoms with Gasteiger partial charge >= 0.3 is 0 Å². The summed E-state index contributed by atoms with van der Waals surface area (Å²) >= 11 is 0. The van der Waals surface area contributed by atoms with Crippen LogP contribution in [0.4, 0.5) is 8.78 Å². The number of hydrogen-bond acceptors (Lipinski definition) is 4. The minimum Gasteiger partial charge on any atom is -0.493 e. The Kier molecular flexibility index (Phi) is 7.10. The maximum atomic E-state index is 14.3. The van der Waals surface area contributed by atoms with Crippen molar-refractivity contribution in [3.05, 3.63) is 106 Å². The Balaban J connectivity index is 1.46. The Hall–Kier alpha value is -4.20. The number of aromatic nitrogens is 2. The summed E-state index contributed by atoms with van der Waals surface area (Å²) < 4.78 is 40.2. The quantitative estimate of drug-likeness (QED) is 0.375. The van der Waals surface area contributed by atoms with Crippen LogP contribution in [0.2, 0.25) is 0 Å². The van der Waals surface area contributed by atoms with Crippen molar-refractivity contribution in [1.29, 1.82) is 0 Å². The molecule has 1 heterocycles. The molecule has 0 spiro atoms. The molecule has 0 fully saturated rings. The molecule has 0 bridgehead atoms. The molecule has 6 nitrogen and oxygen atoms in total. The third-order valence-electron chi connectivity index (χ3n) is 5.57. The molecule has 35 heavy (non-hydrogen) atoms. The van der Waals surface area contributed by atoms with Gasteiger partial charge in [0, 0.05) is 12.6 Å². The van der Waals surface area contributed by atoms with Crippen molar-refractivity contribution >= 4 is 5.91 Å². The summed E-state index contributed by atoms with van der Waals surface area (Å²) in [5.74, 6) is -0.639. The first-order chi connectivity index (χ1) is 16.9. The monoisotopic (exact) mass is 477 g/mol. The van der Waals surface area contributed by atoms with Crippen LogP contribution in [0.3, 0.4) is 0 Å². The molecule has 0 unspecified atom stereocenters. The Morgan fingerprint density at radius 2 is 1.74 bits per heavy atom. The highest BCUT2D eigenvalue weighted by Crippen LogP contribution is 2.29. The molecule has 0 radical (unpaired) electrons. The maximum absolute atomic E-state index is 14.3. The minimum atomic E-state index is -0.760. The fourth-order valence-electron chi connectivity index (χ4n) is 3.81. The molecule has 8 heteroatoms. The van der Waals surface area contributed by atoms with Gasteiger partial charge in [-0.25, -0.2) is 13.5 Å². The van der Waals surface area contributed by atoms with E-state index in [0.717, 1.165) is 23.3 Å². The lowest BCUT2D eigenvalue weighted by molar-refractivity contribution is 0.0949. The molecule has 0 aliphatic carbocycles. The number of aryl methyl sites for hydroxylation is 1. The molecule has 0 saturated carbocycles. The van der Waals surface area contributed by atoms with Crippen LogP contribution in [0, 0.1) is 25.5 Å². The van der Waals surface area contributed by atoms with Gasteiger partial charge in [-0.15, -0.1) is 0 Å². The Morgan fingerprint density at radius 1 is 0.971 bits per heavy atom. The molecule has 180 valence electrons. The van der Waals surface area contributed by atoms with E-state index in [9.17, 15) is 13.6 Å². The summed E-state index contributed by atoms with van der Waals surface area (Å²) in [7, 11) is 1.56. The van der Waals surface area contributed by atoms with Crippen molar-refractivity contribution in [2.45, 2.75) is 27.0 Å². The van der Waals surface area contributed by atoms with E-state index in [1.165, 1.54) is 10.7 Å². The molecular formula is C27H25F2N3O3. The molecule has 0 aliphatic rings. The summed E-state index contributed by atoms with van der Waals surface area (Å²) in [4.78, 5) is 13.0. The van der Waals surface area contributed by atoms with Crippen molar-refractivity contribution in [2.24, 2.45) is 0 Å². The van der Waals surface area contributed by atoms with Crippen molar-refractivity contribution < 1.29 is 23.0 Å². The van der Waals surface area contributed by atoms with Gasteiger partial charge in [-0.1, -0.05) is 36.4 Å². The second-order valence-corrected chi connectivity index (χ2v) is 8.00. The molecule has 0 atom stereocenters. The average Bonchev–Trinajstić information content (AvgIpc) is 3.15. The zero-order valence-corrected chi connectivity index (χ0v) is 19.6. The fraction of sp³-hybridized carbons (Fsp3) is 0.185. The highest BCUT2D eigenvalue weighted by Gasteiger charge is 2.21. The van der Waals surface area contributed by atoms with Crippen LogP contribution in [0.5, 0.6) is 11.5 Å². The summed E-state index contributed by atoms with van der Waals surface area (Å²) in [6.07, 6.45) is 0. The van der Waals surface area contributed by atoms with Gasteiger partial charge in [-0.05, 0) is 49.2 Å². The van der Waals surface area contributed by atoms with Gasteiger partial charge in [0.25, 0.3) is 5.91 Å². The molecule has 0 saturated heterocycles. The van der Waals surface area contributed by atoms with E-state index >= 15 is 0 Å². The molecule has 3 aromatic carbocycles. The van der Waals surface area contributed by atoms with Crippen molar-refractivity contribution in [2.75, 3.05) is 7.11 Å². The fourth-order valence-corrected chi connectivity index (χ4v) is 3.81. The Labute approximate surface area is 202 Å². The average molecular weight is 478 g/mol. The van der Waals surface area contributed by atoms with Crippen LogP contribution in [0.25, 0.3) is 5.69 Å². The number of benzene rings is 3. The number of ether oxygens (including phenoxy) is 2. The van der Waals surface area contributed by atoms with Crippen molar-refractivity contribution in [1.82, 2.24) is 15.1 Å². The van der Waals surface area contributed by atoms with Gasteiger partial charge < -0.3 is 14.8 Å². The smallest absolute Gasteiger partial charge is 0.255 e. The number of methoxy groups -OCH3 is 1. The standard InChI is InChI=1S/C27H25F2N3O3/c1-17-26(18(2)32(31-17)23-11-10-21(28)14-22(23)29)27(33)30-15-20-9-12-24(25(13-20)34-3)35-16-19-7-5-4-6-8-19/h4-14H,15-16H2,1-3H3,(H,30,33). The first-order valence-electron chi connectivity index (χ1n) is 11.0. The van der Waals surface area contributed by atoms with Crippen LogP contribution in [-0.4, -0.2) is 22.8 Å². The van der Waals surface area contributed by atoms with E-state index in [-0.39, 0.29) is 18.1 Å². The number of carbonyl (C=O) groups is 1. The third-order valence-corrected chi connectivity index (χ3v) is 5.57. The summed E-state index contributed by atoms with van der Waals surface area (Å²) in [5, 5.41) is 7.16. The number of nitrogens with zero attached hydrogens (tertiary/aromatic N) is 2. The lowest BCUT2D eigenvalue weighted by atomic mass is 10.1. The first-order valence-corrected chi connectivity index (χ1v) is 11.0. The molecule has 0 aliphatic heterocycles. The lowest BCUT2D eigenvalue weighted by Crippen LogP contribution is -2.24. The third kappa shape index (κ3) is 5.32. The SMILES string of the molecule is COc1cc(CNC(=O)c2c(C)nn(-c3ccc(F)cc3F)c2C)ccc1OCc1ccccc1. The van der Waals surface area contributed by atoms with E-state index in [0.29, 0.717) is 35.1 Å². The van der Waals surface area contributed by atoms with Gasteiger partial charge in [0.05, 0.1) is 24.1 Å². The number of rotatable bonds is 8. The van der Waals surface area contributed by atoms with Crippen molar-refractivity contribution in [3.8, 4) is 17.2 Å². The second kappa shape index (κ2) is 10.4. The van der Waals surface area contributed by atoms with Gasteiger partial charge in [0.1, 0.15) is 18.1 Å². The zero-order chi connectivity index (χ0) is 24.9. The molecule has 1 aromatic heterocycles. The molecule has 1 N–H and O–H groups in total. The second-order valence-electron chi connectivity index (χ2n) is 8.00. The number of halogens is 2. The predicted molar refractivity (Wildman–Crippen MR) is 128 cm³/mol. The molecular weight excluding hydrogens is 452 g/mol. The van der Waals surface area contributed by atoms with Gasteiger partial charge in [0.2, 0.25) is 0 Å². The van der Waals surface area contributed by atoms with E-state index in [4.69, 9.17) is 9.47 Å². The highest BCUT2D eigenvalue weighted by molar-refractivity contribution is 5.96. The van der Waals surface area contributed by atoms with Gasteiger partial charge in [-0.3, -0.25) is 4.79 Å². The minimum absolute atomic E-state index is 0.0712. The summed E-state index contributed by atoms with van der Waals surface area (Å²) in [6, 6.07) is 18.5. The van der Waals surface area contributed by atoms with Crippen LogP contribution >= 0.6 is 0 Å². The lowest BCUT2D eigenvalue weighted by Gasteiger charge is -2.13. The number of carbonyl (C=O) groups excluding carboxylic acids is 1. The van der Waals surface area contributed by atoms with Crippen molar-refractivity contribution in [3.63, 3.8) is 0 Å². The number of hydrogen-bond donors (Lipinski definition) is 1. The molecule has 4 rings (SSSR count). The summed E-state index contributed by atoms with van der Waals surface area (Å²) in [6.45, 7) is 3.98. The first kappa shape index (κ1) is 23.9. The van der Waals surface area contributed by atoms with Gasteiger partial charge in [-0.2, -0.15) is 5.10 Å². The normalized spacial score (nSPS) is 10.8. The van der Waals surface area contributed by atoms with Gasteiger partial charge in [0.15, 0.2) is 17.3 Å². The molecule has 1 amide bonds. The molecule has 4 aromatic rings. The van der Waals surface area contributed by atoms with E-state index in [1.807, 2.05) is 36.4 Å². The highest BCUT2D eigenvalue weighted by atomic mass is 19.1. The van der Waals surface area contributed by atoms with Crippen LogP contribution in [-0.2, 0) is 13.2 Å². The van der Waals surface area contributed by atoms with Crippen LogP contribution < -0.4 is 14.8 Å². The largest absolute Gasteiger partial charge is 0.493 e. The Morgan fingerprint density at radius 3 is 2.46 bits per heavy atom. The van der Waals surface area contributed by atoms with E-state index in [2.05, 4.69) is 10.4 Å².